The summed E-state index contributed by atoms with van der Waals surface area (Å²) in [4.78, 5) is 18.5. The molecule has 132 valence electrons. The van der Waals surface area contributed by atoms with E-state index in [1.807, 2.05) is 25.1 Å². The maximum absolute atomic E-state index is 12.1. The summed E-state index contributed by atoms with van der Waals surface area (Å²) in [5.41, 5.74) is 2.23. The summed E-state index contributed by atoms with van der Waals surface area (Å²) in [5.74, 6) is -0.399. The van der Waals surface area contributed by atoms with Crippen LogP contribution in [0.25, 0.3) is 11.2 Å². The molecule has 0 aliphatic heterocycles. The molecular formula is C19H23N3O3. The van der Waals surface area contributed by atoms with Crippen LogP contribution in [0.5, 0.6) is 0 Å². The number of rotatable bonds is 8. The van der Waals surface area contributed by atoms with Gasteiger partial charge in [0.2, 0.25) is 0 Å². The number of oxazole rings is 1. The van der Waals surface area contributed by atoms with Gasteiger partial charge in [-0.25, -0.2) is 9.78 Å². The first kappa shape index (κ1) is 17.4. The molecule has 2 heterocycles. The van der Waals surface area contributed by atoms with E-state index in [1.165, 1.54) is 5.56 Å². The zero-order valence-corrected chi connectivity index (χ0v) is 14.3. The van der Waals surface area contributed by atoms with Crippen LogP contribution in [0.3, 0.4) is 0 Å². The third kappa shape index (κ3) is 4.35. The Bertz CT molecular complexity index is 857. The number of aliphatic hydroxyl groups is 1. The largest absolute Gasteiger partial charge is 0.421 e. The molecule has 0 saturated carbocycles. The number of aromatic nitrogens is 2. The van der Waals surface area contributed by atoms with Crippen LogP contribution in [-0.4, -0.2) is 38.8 Å². The Hall–Kier alpha value is -2.44. The lowest BCUT2D eigenvalue weighted by atomic mass is 10.2. The minimum Gasteiger partial charge on any atom is -0.406 e. The van der Waals surface area contributed by atoms with Gasteiger partial charge in [-0.2, -0.15) is 0 Å². The Morgan fingerprint density at radius 2 is 2.04 bits per heavy atom. The molecule has 0 spiro atoms. The predicted octanol–water partition coefficient (Wildman–Crippen LogP) is 2.26. The van der Waals surface area contributed by atoms with Crippen molar-refractivity contribution in [2.24, 2.45) is 0 Å². The zero-order chi connectivity index (χ0) is 17.6. The number of pyridine rings is 1. The maximum Gasteiger partial charge on any atom is 0.421 e. The molecule has 0 aliphatic rings. The van der Waals surface area contributed by atoms with Crippen molar-refractivity contribution >= 4 is 11.2 Å². The third-order valence-electron chi connectivity index (χ3n) is 4.25. The van der Waals surface area contributed by atoms with E-state index in [4.69, 9.17) is 4.42 Å². The molecule has 1 aromatic carbocycles. The average Bonchev–Trinajstić information content (AvgIpc) is 2.95. The summed E-state index contributed by atoms with van der Waals surface area (Å²) >= 11 is 0. The molecule has 1 N–H and O–H groups in total. The number of fused-ring (bicyclic) bond motifs is 1. The molecule has 6 heteroatoms. The second-order valence-corrected chi connectivity index (χ2v) is 6.13. The van der Waals surface area contributed by atoms with Gasteiger partial charge in [0, 0.05) is 32.4 Å². The van der Waals surface area contributed by atoms with Gasteiger partial charge < -0.3 is 9.52 Å². The fraction of sp³-hybridized carbons (Fsp3) is 0.368. The first-order chi connectivity index (χ1) is 12.2. The van der Waals surface area contributed by atoms with Gasteiger partial charge in [-0.1, -0.05) is 37.3 Å². The molecule has 6 nitrogen and oxygen atoms in total. The lowest BCUT2D eigenvalue weighted by Crippen LogP contribution is -2.35. The number of hydrogen-bond acceptors (Lipinski definition) is 5. The third-order valence-corrected chi connectivity index (χ3v) is 4.25. The van der Waals surface area contributed by atoms with Crippen molar-refractivity contribution in [3.8, 4) is 0 Å². The van der Waals surface area contributed by atoms with E-state index in [2.05, 4.69) is 22.0 Å². The molecule has 3 aromatic rings. The molecule has 2 aromatic heterocycles. The van der Waals surface area contributed by atoms with Gasteiger partial charge in [0.05, 0.1) is 6.10 Å². The van der Waals surface area contributed by atoms with E-state index in [9.17, 15) is 9.90 Å². The van der Waals surface area contributed by atoms with Gasteiger partial charge in [0.15, 0.2) is 11.2 Å². The van der Waals surface area contributed by atoms with Gasteiger partial charge in [0.1, 0.15) is 0 Å². The van der Waals surface area contributed by atoms with Gasteiger partial charge >= 0.3 is 5.76 Å². The van der Waals surface area contributed by atoms with Crippen LogP contribution < -0.4 is 5.76 Å². The molecule has 1 unspecified atom stereocenters. The lowest BCUT2D eigenvalue weighted by Gasteiger charge is -2.24. The SMILES string of the molecule is CCC(O)CN(CCn1c(=O)oc2cccnc21)Cc1ccccc1. The van der Waals surface area contributed by atoms with E-state index >= 15 is 0 Å². The van der Waals surface area contributed by atoms with Crippen LogP contribution in [0.15, 0.2) is 57.9 Å². The van der Waals surface area contributed by atoms with Crippen LogP contribution in [0.4, 0.5) is 0 Å². The van der Waals surface area contributed by atoms with E-state index < -0.39 is 5.76 Å². The first-order valence-electron chi connectivity index (χ1n) is 8.56. The maximum atomic E-state index is 12.1. The highest BCUT2D eigenvalue weighted by Gasteiger charge is 2.14. The molecule has 3 rings (SSSR count). The molecule has 1 atom stereocenters. The zero-order valence-electron chi connectivity index (χ0n) is 14.3. The second-order valence-electron chi connectivity index (χ2n) is 6.13. The van der Waals surface area contributed by atoms with Crippen LogP contribution in [0.1, 0.15) is 18.9 Å². The smallest absolute Gasteiger partial charge is 0.406 e. The Labute approximate surface area is 146 Å². The number of nitrogens with zero attached hydrogens (tertiary/aromatic N) is 3. The van der Waals surface area contributed by atoms with Crippen molar-refractivity contribution in [3.63, 3.8) is 0 Å². The van der Waals surface area contributed by atoms with E-state index in [-0.39, 0.29) is 6.10 Å². The Morgan fingerprint density at radius 1 is 1.24 bits per heavy atom. The van der Waals surface area contributed by atoms with Crippen LogP contribution in [0, 0.1) is 0 Å². The predicted molar refractivity (Wildman–Crippen MR) is 96.3 cm³/mol. The summed E-state index contributed by atoms with van der Waals surface area (Å²) in [6.45, 7) is 4.33. The quantitative estimate of drug-likeness (QED) is 0.680. The van der Waals surface area contributed by atoms with Crippen molar-refractivity contribution in [3.05, 3.63) is 64.8 Å². The van der Waals surface area contributed by atoms with Gasteiger partial charge in [-0.05, 0) is 24.1 Å². The Kier molecular flexibility index (Phi) is 5.63. The molecule has 0 radical (unpaired) electrons. The van der Waals surface area contributed by atoms with Crippen LogP contribution in [0.2, 0.25) is 0 Å². The van der Waals surface area contributed by atoms with Gasteiger partial charge in [0.25, 0.3) is 0 Å². The number of benzene rings is 1. The molecule has 25 heavy (non-hydrogen) atoms. The summed E-state index contributed by atoms with van der Waals surface area (Å²) < 4.78 is 6.78. The van der Waals surface area contributed by atoms with E-state index in [0.717, 1.165) is 6.54 Å². The average molecular weight is 341 g/mol. The highest BCUT2D eigenvalue weighted by Crippen LogP contribution is 2.10. The highest BCUT2D eigenvalue weighted by atomic mass is 16.4. The molecule has 0 amide bonds. The molecule has 0 bridgehead atoms. The monoisotopic (exact) mass is 341 g/mol. The summed E-state index contributed by atoms with van der Waals surface area (Å²) in [7, 11) is 0. The minimum atomic E-state index is -0.399. The molecule has 0 aliphatic carbocycles. The fourth-order valence-corrected chi connectivity index (χ4v) is 2.84. The standard InChI is InChI=1S/C19H23N3O3/c1-2-16(23)14-21(13-15-7-4-3-5-8-15)11-12-22-18-17(25-19(22)24)9-6-10-20-18/h3-10,16,23H,2,11-14H2,1H3. The van der Waals surface area contributed by atoms with Crippen molar-refractivity contribution in [2.75, 3.05) is 13.1 Å². The highest BCUT2D eigenvalue weighted by molar-refractivity contribution is 5.67. The van der Waals surface area contributed by atoms with Gasteiger partial charge in [-0.3, -0.25) is 9.47 Å². The summed E-state index contributed by atoms with van der Waals surface area (Å²) in [5, 5.41) is 10.0. The van der Waals surface area contributed by atoms with Gasteiger partial charge in [-0.15, -0.1) is 0 Å². The van der Waals surface area contributed by atoms with E-state index in [1.54, 1.807) is 22.9 Å². The van der Waals surface area contributed by atoms with Crippen molar-refractivity contribution in [2.45, 2.75) is 32.5 Å². The summed E-state index contributed by atoms with van der Waals surface area (Å²) in [6, 6.07) is 13.6. The number of aliphatic hydroxyl groups excluding tert-OH is 1. The van der Waals surface area contributed by atoms with Crippen LogP contribution in [-0.2, 0) is 13.1 Å². The molecule has 0 fully saturated rings. The number of hydrogen-bond donors (Lipinski definition) is 1. The van der Waals surface area contributed by atoms with Crippen molar-refractivity contribution < 1.29 is 9.52 Å². The fourth-order valence-electron chi connectivity index (χ4n) is 2.84. The lowest BCUT2D eigenvalue weighted by molar-refractivity contribution is 0.103. The second kappa shape index (κ2) is 8.09. The Morgan fingerprint density at radius 3 is 2.80 bits per heavy atom. The minimum absolute atomic E-state index is 0.389. The van der Waals surface area contributed by atoms with Crippen molar-refractivity contribution in [1.29, 1.82) is 0 Å². The first-order valence-corrected chi connectivity index (χ1v) is 8.56. The molecule has 0 saturated heterocycles. The Balaban J connectivity index is 1.75. The van der Waals surface area contributed by atoms with Crippen molar-refractivity contribution in [1.82, 2.24) is 14.5 Å². The topological polar surface area (TPSA) is 71.5 Å². The normalized spacial score (nSPS) is 12.8. The molecular weight excluding hydrogens is 318 g/mol. The van der Waals surface area contributed by atoms with Crippen LogP contribution >= 0.6 is 0 Å². The van der Waals surface area contributed by atoms with E-state index in [0.29, 0.717) is 37.3 Å². The summed E-state index contributed by atoms with van der Waals surface area (Å²) in [6.07, 6.45) is 1.96.